The summed E-state index contributed by atoms with van der Waals surface area (Å²) in [4.78, 5) is 22.6. The van der Waals surface area contributed by atoms with Gasteiger partial charge >= 0.3 is 0 Å². The van der Waals surface area contributed by atoms with E-state index < -0.39 is 11.8 Å². The predicted octanol–water partition coefficient (Wildman–Crippen LogP) is 1.56. The minimum Gasteiger partial charge on any atom is -0.482 e. The van der Waals surface area contributed by atoms with Crippen LogP contribution >= 0.6 is 23.2 Å². The third kappa shape index (κ3) is 6.10. The Morgan fingerprint density at radius 3 is 2.40 bits per heavy atom. The molecule has 8 heteroatoms. The van der Waals surface area contributed by atoms with Gasteiger partial charge in [0.2, 0.25) is 0 Å². The van der Waals surface area contributed by atoms with Crippen molar-refractivity contribution in [3.8, 4) is 5.75 Å². The average molecular weight is 321 g/mol. The van der Waals surface area contributed by atoms with Gasteiger partial charge in [0, 0.05) is 11.6 Å². The predicted molar refractivity (Wildman–Crippen MR) is 74.7 cm³/mol. The quantitative estimate of drug-likeness (QED) is 0.780. The van der Waals surface area contributed by atoms with Crippen molar-refractivity contribution in [1.29, 1.82) is 0 Å². The molecular weight excluding hydrogens is 307 g/mol. The van der Waals surface area contributed by atoms with Gasteiger partial charge in [-0.1, -0.05) is 23.2 Å². The molecular formula is C12H14Cl2N2O4. The zero-order valence-corrected chi connectivity index (χ0v) is 12.3. The van der Waals surface area contributed by atoms with Gasteiger partial charge < -0.3 is 9.47 Å². The van der Waals surface area contributed by atoms with Crippen LogP contribution < -0.4 is 15.6 Å². The number of rotatable bonds is 6. The molecule has 0 aromatic heterocycles. The lowest BCUT2D eigenvalue weighted by molar-refractivity contribution is -0.132. The van der Waals surface area contributed by atoms with Gasteiger partial charge in [-0.2, -0.15) is 0 Å². The number of hydrazine groups is 1. The standard InChI is InChI=1S/C12H14Cl2N2O4/c1-2-19-6-11(17)15-16-12(18)7-20-10-4-3-8(13)5-9(10)14/h3-5H,2,6-7H2,1H3,(H,15,17)(H,16,18). The first-order valence-corrected chi connectivity index (χ1v) is 6.51. The molecule has 0 aliphatic carbocycles. The second kappa shape index (κ2) is 8.63. The highest BCUT2D eigenvalue weighted by Gasteiger charge is 2.07. The van der Waals surface area contributed by atoms with Crippen molar-refractivity contribution >= 4 is 35.0 Å². The van der Waals surface area contributed by atoms with Gasteiger partial charge in [0.15, 0.2) is 6.61 Å². The summed E-state index contributed by atoms with van der Waals surface area (Å²) in [5.41, 5.74) is 4.36. The molecule has 0 saturated carbocycles. The number of halogens is 2. The van der Waals surface area contributed by atoms with E-state index in [-0.39, 0.29) is 13.2 Å². The lowest BCUT2D eigenvalue weighted by Crippen LogP contribution is -2.45. The van der Waals surface area contributed by atoms with Crippen molar-refractivity contribution < 1.29 is 19.1 Å². The lowest BCUT2D eigenvalue weighted by Gasteiger charge is -2.09. The molecule has 6 nitrogen and oxygen atoms in total. The Kier molecular flexibility index (Phi) is 7.14. The topological polar surface area (TPSA) is 76.7 Å². The minimum atomic E-state index is -0.527. The molecule has 0 unspecified atom stereocenters. The summed E-state index contributed by atoms with van der Waals surface area (Å²) in [7, 11) is 0. The van der Waals surface area contributed by atoms with Gasteiger partial charge in [-0.15, -0.1) is 0 Å². The molecule has 0 spiro atoms. The maximum atomic E-state index is 11.4. The fraction of sp³-hybridized carbons (Fsp3) is 0.333. The Morgan fingerprint density at radius 2 is 1.80 bits per heavy atom. The summed E-state index contributed by atoms with van der Waals surface area (Å²) in [6, 6.07) is 4.64. The van der Waals surface area contributed by atoms with E-state index in [1.807, 2.05) is 0 Å². The van der Waals surface area contributed by atoms with Crippen LogP contribution in [-0.2, 0) is 14.3 Å². The molecule has 0 aliphatic heterocycles. The van der Waals surface area contributed by atoms with Crippen LogP contribution in [0.15, 0.2) is 18.2 Å². The zero-order chi connectivity index (χ0) is 15.0. The number of carbonyl (C=O) groups is 2. The molecule has 2 amide bonds. The molecule has 110 valence electrons. The first-order chi connectivity index (χ1) is 9.52. The second-order valence-electron chi connectivity index (χ2n) is 3.60. The summed E-state index contributed by atoms with van der Waals surface area (Å²) in [5, 5.41) is 0.765. The van der Waals surface area contributed by atoms with Crippen molar-refractivity contribution in [3.63, 3.8) is 0 Å². The Balaban J connectivity index is 2.31. The fourth-order valence-corrected chi connectivity index (χ4v) is 1.60. The molecule has 0 radical (unpaired) electrons. The van der Waals surface area contributed by atoms with Crippen LogP contribution in [0.5, 0.6) is 5.75 Å². The molecule has 1 aromatic carbocycles. The summed E-state index contributed by atoms with van der Waals surface area (Å²) in [5.74, 6) is -0.655. The van der Waals surface area contributed by atoms with E-state index in [1.165, 1.54) is 6.07 Å². The highest BCUT2D eigenvalue weighted by Crippen LogP contribution is 2.27. The van der Waals surface area contributed by atoms with Gasteiger partial charge in [0.25, 0.3) is 11.8 Å². The molecule has 0 fully saturated rings. The second-order valence-corrected chi connectivity index (χ2v) is 4.44. The van der Waals surface area contributed by atoms with Crippen molar-refractivity contribution in [2.75, 3.05) is 19.8 Å². The summed E-state index contributed by atoms with van der Waals surface area (Å²) in [6.07, 6.45) is 0. The molecule has 0 aliphatic rings. The van der Waals surface area contributed by atoms with Crippen molar-refractivity contribution in [1.82, 2.24) is 10.9 Å². The third-order valence-corrected chi connectivity index (χ3v) is 2.56. The maximum Gasteiger partial charge on any atom is 0.276 e. The Bertz CT molecular complexity index is 483. The van der Waals surface area contributed by atoms with Crippen LogP contribution in [0.4, 0.5) is 0 Å². The first-order valence-electron chi connectivity index (χ1n) is 5.76. The first kappa shape index (κ1) is 16.6. The highest BCUT2D eigenvalue weighted by atomic mass is 35.5. The van der Waals surface area contributed by atoms with E-state index in [2.05, 4.69) is 10.9 Å². The molecule has 1 aromatic rings. The lowest BCUT2D eigenvalue weighted by atomic mass is 10.3. The van der Waals surface area contributed by atoms with Crippen molar-refractivity contribution in [2.45, 2.75) is 6.92 Å². The molecule has 20 heavy (non-hydrogen) atoms. The van der Waals surface area contributed by atoms with Crippen LogP contribution in [0.2, 0.25) is 10.0 Å². The normalized spacial score (nSPS) is 9.95. The van der Waals surface area contributed by atoms with Crippen LogP contribution in [0, 0.1) is 0 Å². The van der Waals surface area contributed by atoms with Crippen LogP contribution in [-0.4, -0.2) is 31.6 Å². The number of carbonyl (C=O) groups excluding carboxylic acids is 2. The Hall–Kier alpha value is -1.50. The van der Waals surface area contributed by atoms with E-state index in [0.717, 1.165) is 0 Å². The number of amides is 2. The van der Waals surface area contributed by atoms with Crippen LogP contribution in [0.1, 0.15) is 6.92 Å². The molecule has 0 heterocycles. The van der Waals surface area contributed by atoms with Gasteiger partial charge in [0.1, 0.15) is 12.4 Å². The van der Waals surface area contributed by atoms with E-state index in [4.69, 9.17) is 32.7 Å². The minimum absolute atomic E-state index is 0.124. The fourth-order valence-electron chi connectivity index (χ4n) is 1.14. The Morgan fingerprint density at radius 1 is 1.15 bits per heavy atom. The van der Waals surface area contributed by atoms with Crippen molar-refractivity contribution in [2.24, 2.45) is 0 Å². The Labute approximate surface area is 126 Å². The molecule has 2 N–H and O–H groups in total. The average Bonchev–Trinajstić information content (AvgIpc) is 2.41. The van der Waals surface area contributed by atoms with E-state index in [9.17, 15) is 9.59 Å². The number of nitrogens with one attached hydrogen (secondary N) is 2. The number of ether oxygens (including phenoxy) is 2. The van der Waals surface area contributed by atoms with E-state index in [1.54, 1.807) is 19.1 Å². The van der Waals surface area contributed by atoms with Gasteiger partial charge in [-0.3, -0.25) is 20.4 Å². The molecule has 0 atom stereocenters. The summed E-state index contributed by atoms with van der Waals surface area (Å²) >= 11 is 11.6. The van der Waals surface area contributed by atoms with Gasteiger partial charge in [0.05, 0.1) is 5.02 Å². The number of hydrogen-bond donors (Lipinski definition) is 2. The SMILES string of the molecule is CCOCC(=O)NNC(=O)COc1ccc(Cl)cc1Cl. The largest absolute Gasteiger partial charge is 0.482 e. The highest BCUT2D eigenvalue weighted by molar-refractivity contribution is 6.35. The summed E-state index contributed by atoms with van der Waals surface area (Å²) < 4.78 is 10.0. The molecule has 1 rings (SSSR count). The summed E-state index contributed by atoms with van der Waals surface area (Å²) in [6.45, 7) is 1.76. The zero-order valence-electron chi connectivity index (χ0n) is 10.7. The molecule has 0 saturated heterocycles. The number of hydrogen-bond acceptors (Lipinski definition) is 4. The van der Waals surface area contributed by atoms with Gasteiger partial charge in [-0.25, -0.2) is 0 Å². The smallest absolute Gasteiger partial charge is 0.276 e. The van der Waals surface area contributed by atoms with Crippen LogP contribution in [0.3, 0.4) is 0 Å². The van der Waals surface area contributed by atoms with Gasteiger partial charge in [-0.05, 0) is 25.1 Å². The van der Waals surface area contributed by atoms with E-state index >= 15 is 0 Å². The van der Waals surface area contributed by atoms with Crippen molar-refractivity contribution in [3.05, 3.63) is 28.2 Å². The maximum absolute atomic E-state index is 11.4. The third-order valence-electron chi connectivity index (χ3n) is 2.03. The number of benzene rings is 1. The van der Waals surface area contributed by atoms with Crippen LogP contribution in [0.25, 0.3) is 0 Å². The van der Waals surface area contributed by atoms with E-state index in [0.29, 0.717) is 22.4 Å². The molecule has 0 bridgehead atoms. The monoisotopic (exact) mass is 320 g/mol.